The van der Waals surface area contributed by atoms with Gasteiger partial charge in [-0.25, -0.2) is 0 Å². The van der Waals surface area contributed by atoms with Gasteiger partial charge in [-0.3, -0.25) is 4.79 Å². The van der Waals surface area contributed by atoms with Crippen LogP contribution in [0.3, 0.4) is 0 Å². The highest BCUT2D eigenvalue weighted by Crippen LogP contribution is 2.24. The summed E-state index contributed by atoms with van der Waals surface area (Å²) < 4.78 is 4.65. The number of ether oxygens (including phenoxy) is 1. The second-order valence-electron chi connectivity index (χ2n) is 6.28. The lowest BCUT2D eigenvalue weighted by atomic mass is 9.89. The Labute approximate surface area is 150 Å². The molecule has 1 fully saturated rings. The molecule has 2 rings (SSSR count). The van der Waals surface area contributed by atoms with Gasteiger partial charge in [0, 0.05) is 0 Å². The average Bonchev–Trinajstić information content (AvgIpc) is 2.63. The molecule has 2 heteroatoms. The molecule has 1 saturated carbocycles. The molecule has 0 saturated heterocycles. The topological polar surface area (TPSA) is 26.3 Å². The first-order chi connectivity index (χ1) is 11.5. The molecule has 0 unspecified atom stereocenters. The summed E-state index contributed by atoms with van der Waals surface area (Å²) in [6.07, 6.45) is 8.06. The van der Waals surface area contributed by atoms with Gasteiger partial charge in [0.1, 0.15) is 0 Å². The molecule has 1 aromatic carbocycles. The van der Waals surface area contributed by atoms with Crippen molar-refractivity contribution in [3.05, 3.63) is 34.4 Å². The number of carbonyl (C=O) groups excluding carboxylic acids is 1. The first-order valence-electron chi connectivity index (χ1n) is 9.70. The summed E-state index contributed by atoms with van der Waals surface area (Å²) in [5.74, 6) is 0.193. The largest absolute Gasteiger partial charge is 0.469 e. The molecule has 0 N–H and O–H groups in total. The zero-order valence-electron chi connectivity index (χ0n) is 17.0. The Morgan fingerprint density at radius 2 is 1.62 bits per heavy atom. The van der Waals surface area contributed by atoms with E-state index in [9.17, 15) is 4.79 Å². The molecule has 1 aliphatic rings. The number of hydrogen-bond acceptors (Lipinski definition) is 2. The van der Waals surface area contributed by atoms with E-state index in [1.54, 1.807) is 5.56 Å². The molecule has 1 aliphatic carbocycles. The van der Waals surface area contributed by atoms with Crippen molar-refractivity contribution in [2.45, 2.75) is 86.5 Å². The second-order valence-corrected chi connectivity index (χ2v) is 6.28. The average molecular weight is 335 g/mol. The van der Waals surface area contributed by atoms with E-state index in [1.807, 2.05) is 13.8 Å². The molecule has 0 aromatic heterocycles. The quantitative estimate of drug-likeness (QED) is 0.616. The first kappa shape index (κ1) is 22.7. The lowest BCUT2D eigenvalue weighted by Crippen LogP contribution is -2.18. The van der Waals surface area contributed by atoms with Gasteiger partial charge >= 0.3 is 5.97 Å². The maximum atomic E-state index is 10.9. The normalized spacial score (nSPS) is 14.0. The van der Waals surface area contributed by atoms with Crippen LogP contribution in [0.25, 0.3) is 0 Å². The third-order valence-corrected chi connectivity index (χ3v) is 4.58. The van der Waals surface area contributed by atoms with Gasteiger partial charge in [0.25, 0.3) is 0 Å². The van der Waals surface area contributed by atoms with Gasteiger partial charge < -0.3 is 4.74 Å². The fraction of sp³-hybridized carbons (Fsp3) is 0.682. The Bertz CT molecular complexity index is 471. The molecular weight excluding hydrogens is 296 g/mol. The summed E-state index contributed by atoms with van der Waals surface area (Å²) in [4.78, 5) is 10.9. The highest BCUT2D eigenvalue weighted by molar-refractivity contribution is 5.72. The summed E-state index contributed by atoms with van der Waals surface area (Å²) >= 11 is 0. The van der Waals surface area contributed by atoms with Crippen LogP contribution in [-0.4, -0.2) is 13.1 Å². The van der Waals surface area contributed by atoms with E-state index in [2.05, 4.69) is 44.6 Å². The van der Waals surface area contributed by atoms with Crippen molar-refractivity contribution in [2.24, 2.45) is 5.92 Å². The maximum Gasteiger partial charge on any atom is 0.308 e. The van der Waals surface area contributed by atoms with Crippen molar-refractivity contribution in [2.75, 3.05) is 7.11 Å². The number of methoxy groups -OCH3 is 1. The number of rotatable bonds is 3. The van der Waals surface area contributed by atoms with Crippen molar-refractivity contribution in [3.63, 3.8) is 0 Å². The van der Waals surface area contributed by atoms with Crippen molar-refractivity contribution in [1.82, 2.24) is 0 Å². The van der Waals surface area contributed by atoms with Gasteiger partial charge in [-0.05, 0) is 56.2 Å². The number of hydrogen-bond donors (Lipinski definition) is 0. The van der Waals surface area contributed by atoms with Gasteiger partial charge in [-0.15, -0.1) is 0 Å². The summed E-state index contributed by atoms with van der Waals surface area (Å²) in [6.45, 7) is 12.8. The van der Waals surface area contributed by atoms with E-state index < -0.39 is 0 Å². The van der Waals surface area contributed by atoms with Crippen LogP contribution in [0, 0.1) is 19.8 Å². The van der Waals surface area contributed by atoms with Crippen LogP contribution in [-0.2, 0) is 22.4 Å². The summed E-state index contributed by atoms with van der Waals surface area (Å²) in [7, 11) is 1.47. The van der Waals surface area contributed by atoms with Gasteiger partial charge in [0.2, 0.25) is 0 Å². The van der Waals surface area contributed by atoms with Gasteiger partial charge in [-0.2, -0.15) is 0 Å². The molecule has 0 heterocycles. The highest BCUT2D eigenvalue weighted by atomic mass is 16.5. The lowest BCUT2D eigenvalue weighted by Gasteiger charge is -2.18. The number of aryl methyl sites for hydroxylation is 3. The molecule has 1 aromatic rings. The highest BCUT2D eigenvalue weighted by Gasteiger charge is 2.20. The van der Waals surface area contributed by atoms with E-state index in [0.717, 1.165) is 25.7 Å². The lowest BCUT2D eigenvalue weighted by molar-refractivity contribution is -0.146. The molecule has 0 bridgehead atoms. The smallest absolute Gasteiger partial charge is 0.308 e. The van der Waals surface area contributed by atoms with Crippen LogP contribution in [0.5, 0.6) is 0 Å². The fourth-order valence-corrected chi connectivity index (χ4v) is 3.41. The van der Waals surface area contributed by atoms with Crippen molar-refractivity contribution in [1.29, 1.82) is 0 Å². The molecule has 0 atom stereocenters. The molecule has 0 radical (unpaired) electrons. The Kier molecular flexibility index (Phi) is 12.3. The standard InChI is InChI=1S/C12H18.C8H14O2.C2H6/c1-5-11-8-9(3)7-10(4)12(11)6-2;1-10-8(9)7-5-3-2-4-6-7;1-2/h7-8H,5-6H2,1-4H3;7H,2-6H2,1H3;1-2H3. The molecule has 0 aliphatic heterocycles. The SMILES string of the molecule is CC.CCc1cc(C)cc(C)c1CC.COC(=O)C1CCCCC1. The van der Waals surface area contributed by atoms with Crippen LogP contribution < -0.4 is 0 Å². The summed E-state index contributed by atoms with van der Waals surface area (Å²) in [6, 6.07) is 4.59. The predicted molar refractivity (Wildman–Crippen MR) is 105 cm³/mol. The van der Waals surface area contributed by atoms with Crippen LogP contribution in [0.2, 0.25) is 0 Å². The maximum absolute atomic E-state index is 10.9. The minimum absolute atomic E-state index is 0.0142. The van der Waals surface area contributed by atoms with Crippen LogP contribution >= 0.6 is 0 Å². The summed E-state index contributed by atoms with van der Waals surface area (Å²) in [5, 5.41) is 0. The first-order valence-corrected chi connectivity index (χ1v) is 9.70. The van der Waals surface area contributed by atoms with Crippen LogP contribution in [0.15, 0.2) is 12.1 Å². The van der Waals surface area contributed by atoms with Crippen LogP contribution in [0.4, 0.5) is 0 Å². The fourth-order valence-electron chi connectivity index (χ4n) is 3.41. The Balaban J connectivity index is 0.000000405. The molecule has 0 spiro atoms. The van der Waals surface area contributed by atoms with Crippen molar-refractivity contribution in [3.8, 4) is 0 Å². The molecular formula is C22H38O2. The van der Waals surface area contributed by atoms with Crippen molar-refractivity contribution >= 4 is 5.97 Å². The molecule has 24 heavy (non-hydrogen) atoms. The Hall–Kier alpha value is -1.31. The molecule has 0 amide bonds. The Morgan fingerprint density at radius 3 is 2.08 bits per heavy atom. The van der Waals surface area contributed by atoms with E-state index in [1.165, 1.54) is 43.1 Å². The molecule has 2 nitrogen and oxygen atoms in total. The van der Waals surface area contributed by atoms with E-state index in [0.29, 0.717) is 0 Å². The number of benzene rings is 1. The third-order valence-electron chi connectivity index (χ3n) is 4.58. The van der Waals surface area contributed by atoms with E-state index >= 15 is 0 Å². The summed E-state index contributed by atoms with van der Waals surface area (Å²) in [5.41, 5.74) is 5.91. The zero-order chi connectivity index (χ0) is 18.5. The van der Waals surface area contributed by atoms with E-state index in [-0.39, 0.29) is 11.9 Å². The van der Waals surface area contributed by atoms with E-state index in [4.69, 9.17) is 0 Å². The minimum atomic E-state index is -0.0142. The predicted octanol–water partition coefficient (Wildman–Crippen LogP) is 6.19. The zero-order valence-corrected chi connectivity index (χ0v) is 17.0. The second kappa shape index (κ2) is 13.0. The third kappa shape index (κ3) is 7.51. The number of carbonyl (C=O) groups is 1. The van der Waals surface area contributed by atoms with Crippen molar-refractivity contribution < 1.29 is 9.53 Å². The minimum Gasteiger partial charge on any atom is -0.469 e. The van der Waals surface area contributed by atoms with Gasteiger partial charge in [0.05, 0.1) is 13.0 Å². The monoisotopic (exact) mass is 334 g/mol. The van der Waals surface area contributed by atoms with Gasteiger partial charge in [-0.1, -0.05) is 64.7 Å². The number of esters is 1. The Morgan fingerprint density at radius 1 is 1.04 bits per heavy atom. The van der Waals surface area contributed by atoms with Crippen LogP contribution in [0.1, 0.15) is 82.1 Å². The van der Waals surface area contributed by atoms with Gasteiger partial charge in [0.15, 0.2) is 0 Å². The molecule has 138 valence electrons.